The van der Waals surface area contributed by atoms with Gasteiger partial charge in [0.05, 0.1) is 13.5 Å². The summed E-state index contributed by atoms with van der Waals surface area (Å²) >= 11 is 0. The summed E-state index contributed by atoms with van der Waals surface area (Å²) in [5, 5.41) is 3.19. The van der Waals surface area contributed by atoms with Crippen LogP contribution in [0.15, 0.2) is 18.2 Å². The molecular weight excluding hydrogens is 305 g/mol. The molecule has 0 spiro atoms. The molecule has 1 aliphatic rings. The summed E-state index contributed by atoms with van der Waals surface area (Å²) < 4.78 is 44.8. The van der Waals surface area contributed by atoms with Gasteiger partial charge in [0.1, 0.15) is 5.75 Å². The molecule has 3 nitrogen and oxygen atoms in total. The van der Waals surface area contributed by atoms with Crippen LogP contribution in [0.25, 0.3) is 0 Å². The van der Waals surface area contributed by atoms with E-state index in [9.17, 15) is 13.2 Å². The predicted molar refractivity (Wildman–Crippen MR) is 84.9 cm³/mol. The Morgan fingerprint density at radius 3 is 2.39 bits per heavy atom. The molecule has 130 valence electrons. The zero-order valence-corrected chi connectivity index (χ0v) is 13.9. The Morgan fingerprint density at radius 2 is 1.87 bits per heavy atom. The van der Waals surface area contributed by atoms with Crippen LogP contribution in [0.2, 0.25) is 0 Å². The van der Waals surface area contributed by atoms with Crippen molar-refractivity contribution < 1.29 is 17.9 Å². The maximum Gasteiger partial charge on any atom is 0.390 e. The second-order valence-electron chi connectivity index (χ2n) is 6.28. The van der Waals surface area contributed by atoms with Gasteiger partial charge in [-0.25, -0.2) is 0 Å². The zero-order valence-electron chi connectivity index (χ0n) is 13.9. The lowest BCUT2D eigenvalue weighted by molar-refractivity contribution is -0.148. The third-order valence-corrected chi connectivity index (χ3v) is 4.30. The van der Waals surface area contributed by atoms with Gasteiger partial charge in [0.25, 0.3) is 0 Å². The Labute approximate surface area is 135 Å². The van der Waals surface area contributed by atoms with Crippen LogP contribution in [0, 0.1) is 0 Å². The highest BCUT2D eigenvalue weighted by Crippen LogP contribution is 2.39. The molecule has 1 atom stereocenters. The average molecular weight is 330 g/mol. The quantitative estimate of drug-likeness (QED) is 0.890. The van der Waals surface area contributed by atoms with E-state index in [0.29, 0.717) is 37.5 Å². The molecule has 0 unspecified atom stereocenters. The lowest BCUT2D eigenvalue weighted by Gasteiger charge is -2.36. The fraction of sp³-hybridized carbons (Fsp3) is 0.647. The van der Waals surface area contributed by atoms with Crippen molar-refractivity contribution in [2.45, 2.75) is 38.4 Å². The molecule has 0 amide bonds. The molecular formula is C17H25F3N2O. The van der Waals surface area contributed by atoms with E-state index in [0.717, 1.165) is 5.56 Å². The first-order valence-electron chi connectivity index (χ1n) is 8.01. The molecule has 6 heteroatoms. The molecule has 2 rings (SSSR count). The highest BCUT2D eigenvalue weighted by molar-refractivity contribution is 5.40. The summed E-state index contributed by atoms with van der Waals surface area (Å²) in [4.78, 5) is 1.91. The summed E-state index contributed by atoms with van der Waals surface area (Å²) in [5.41, 5.74) is 1.67. The van der Waals surface area contributed by atoms with Crippen LogP contribution >= 0.6 is 0 Å². The minimum Gasteiger partial charge on any atom is -0.496 e. The Hall–Kier alpha value is -1.27. The smallest absolute Gasteiger partial charge is 0.390 e. The molecule has 23 heavy (non-hydrogen) atoms. The van der Waals surface area contributed by atoms with Crippen molar-refractivity contribution in [1.82, 2.24) is 10.2 Å². The van der Waals surface area contributed by atoms with Crippen molar-refractivity contribution >= 4 is 0 Å². The van der Waals surface area contributed by atoms with Gasteiger partial charge in [-0.15, -0.1) is 0 Å². The Kier molecular flexibility index (Phi) is 5.92. The predicted octanol–water partition coefficient (Wildman–Crippen LogP) is 3.72. The molecule has 0 aromatic heterocycles. The van der Waals surface area contributed by atoms with Gasteiger partial charge in [0, 0.05) is 37.8 Å². The van der Waals surface area contributed by atoms with Crippen molar-refractivity contribution in [2.24, 2.45) is 0 Å². The molecule has 1 aliphatic heterocycles. The Balaban J connectivity index is 2.41. The van der Waals surface area contributed by atoms with Crippen LogP contribution in [0.4, 0.5) is 13.2 Å². The second kappa shape index (κ2) is 7.53. The van der Waals surface area contributed by atoms with E-state index in [1.54, 1.807) is 6.07 Å². The summed E-state index contributed by atoms with van der Waals surface area (Å²) in [6.07, 6.45) is -5.07. The number of piperazine rings is 1. The zero-order chi connectivity index (χ0) is 17.0. The number of hydrogen-bond donors (Lipinski definition) is 1. The van der Waals surface area contributed by atoms with Crippen molar-refractivity contribution in [1.29, 1.82) is 0 Å². The first-order valence-corrected chi connectivity index (χ1v) is 8.01. The van der Waals surface area contributed by atoms with Crippen LogP contribution in [0.3, 0.4) is 0 Å². The highest BCUT2D eigenvalue weighted by Gasteiger charge is 2.37. The van der Waals surface area contributed by atoms with E-state index in [4.69, 9.17) is 4.74 Å². The summed E-state index contributed by atoms with van der Waals surface area (Å²) in [5.74, 6) is 0.788. The summed E-state index contributed by atoms with van der Waals surface area (Å²) in [6.45, 7) is 6.71. The normalized spacial score (nSPS) is 18.2. The molecule has 1 aromatic carbocycles. The standard InChI is InChI=1S/C17H25F3N2O/c1-12(2)13-4-5-16(23-3)14(10-13)15(11-17(18,19)20)22-8-6-21-7-9-22/h4-5,10,12,15,21H,6-9,11H2,1-3H3/t15-/m0/s1. The molecule has 1 aromatic rings. The van der Waals surface area contributed by atoms with Gasteiger partial charge in [-0.1, -0.05) is 26.0 Å². The number of halogens is 3. The number of nitrogens with one attached hydrogen (secondary N) is 1. The number of ether oxygens (including phenoxy) is 1. The fourth-order valence-corrected chi connectivity index (χ4v) is 3.02. The lowest BCUT2D eigenvalue weighted by Crippen LogP contribution is -2.46. The van der Waals surface area contributed by atoms with E-state index in [1.165, 1.54) is 7.11 Å². The third kappa shape index (κ3) is 4.85. The molecule has 0 aliphatic carbocycles. The van der Waals surface area contributed by atoms with Crippen molar-refractivity contribution in [2.75, 3.05) is 33.3 Å². The van der Waals surface area contributed by atoms with Crippen molar-refractivity contribution in [3.05, 3.63) is 29.3 Å². The maximum absolute atomic E-state index is 13.2. The summed E-state index contributed by atoms with van der Waals surface area (Å²) in [6, 6.07) is 4.89. The third-order valence-electron chi connectivity index (χ3n) is 4.30. The van der Waals surface area contributed by atoms with Gasteiger partial charge in [0.15, 0.2) is 0 Å². The number of nitrogens with zero attached hydrogens (tertiary/aromatic N) is 1. The van der Waals surface area contributed by atoms with Crippen LogP contribution in [-0.4, -0.2) is 44.4 Å². The average Bonchev–Trinajstić information content (AvgIpc) is 2.52. The largest absolute Gasteiger partial charge is 0.496 e. The molecule has 0 bridgehead atoms. The second-order valence-corrected chi connectivity index (χ2v) is 6.28. The van der Waals surface area contributed by atoms with Gasteiger partial charge < -0.3 is 10.1 Å². The van der Waals surface area contributed by atoms with Gasteiger partial charge in [0.2, 0.25) is 0 Å². The monoisotopic (exact) mass is 330 g/mol. The van der Waals surface area contributed by atoms with E-state index < -0.39 is 18.6 Å². The van der Waals surface area contributed by atoms with E-state index in [-0.39, 0.29) is 5.92 Å². The fourth-order valence-electron chi connectivity index (χ4n) is 3.02. The number of rotatable bonds is 5. The SMILES string of the molecule is COc1ccc(C(C)C)cc1[C@H](CC(F)(F)F)N1CCNCC1. The molecule has 1 heterocycles. The number of hydrogen-bond acceptors (Lipinski definition) is 3. The van der Waals surface area contributed by atoms with Gasteiger partial charge in [-0.2, -0.15) is 13.2 Å². The lowest BCUT2D eigenvalue weighted by atomic mass is 9.94. The van der Waals surface area contributed by atoms with Gasteiger partial charge in [-0.3, -0.25) is 4.90 Å². The van der Waals surface area contributed by atoms with Crippen LogP contribution < -0.4 is 10.1 Å². The van der Waals surface area contributed by atoms with Crippen molar-refractivity contribution in [3.63, 3.8) is 0 Å². The van der Waals surface area contributed by atoms with Crippen LogP contribution in [-0.2, 0) is 0 Å². The number of alkyl halides is 3. The van der Waals surface area contributed by atoms with E-state index in [1.807, 2.05) is 30.9 Å². The Bertz CT molecular complexity index is 511. The van der Waals surface area contributed by atoms with Gasteiger partial charge in [-0.05, 0) is 17.5 Å². The molecule has 0 saturated carbocycles. The van der Waals surface area contributed by atoms with Gasteiger partial charge >= 0.3 is 6.18 Å². The van der Waals surface area contributed by atoms with E-state index in [2.05, 4.69) is 5.32 Å². The minimum atomic E-state index is -4.21. The molecule has 1 N–H and O–H groups in total. The molecule has 1 saturated heterocycles. The van der Waals surface area contributed by atoms with Crippen LogP contribution in [0.5, 0.6) is 5.75 Å². The minimum absolute atomic E-state index is 0.259. The first-order chi connectivity index (χ1) is 10.8. The van der Waals surface area contributed by atoms with Crippen molar-refractivity contribution in [3.8, 4) is 5.75 Å². The maximum atomic E-state index is 13.2. The highest BCUT2D eigenvalue weighted by atomic mass is 19.4. The first kappa shape index (κ1) is 18.1. The number of benzene rings is 1. The van der Waals surface area contributed by atoms with Crippen LogP contribution in [0.1, 0.15) is 43.4 Å². The topological polar surface area (TPSA) is 24.5 Å². The molecule has 0 radical (unpaired) electrons. The number of methoxy groups -OCH3 is 1. The summed E-state index contributed by atoms with van der Waals surface area (Å²) in [7, 11) is 1.51. The van der Waals surface area contributed by atoms with E-state index >= 15 is 0 Å². The Morgan fingerprint density at radius 1 is 1.22 bits per heavy atom. The molecule has 1 fully saturated rings.